The predicted molar refractivity (Wildman–Crippen MR) is 163 cm³/mol. The van der Waals surface area contributed by atoms with Crippen LogP contribution in [0, 0.1) is 0 Å². The molecule has 0 spiro atoms. The van der Waals surface area contributed by atoms with Crippen molar-refractivity contribution in [1.82, 2.24) is 9.38 Å². The first-order valence-electron chi connectivity index (χ1n) is 13.7. The Morgan fingerprint density at radius 1 is 0.487 bits per heavy atom. The molecule has 10 rings (SSSR count). The van der Waals surface area contributed by atoms with Crippen molar-refractivity contribution in [2.75, 3.05) is 0 Å². The van der Waals surface area contributed by atoms with Crippen LogP contribution in [0.15, 0.2) is 121 Å². The SMILES string of the molecule is c1ccc(C2c3ccccc3-c3cc4c(cc32)c2cccc3c5cccc6[nH]c7cccc(c7c65)n4c32)cc1. The minimum absolute atomic E-state index is 0.241. The Labute approximate surface area is 224 Å². The summed E-state index contributed by atoms with van der Waals surface area (Å²) in [6.07, 6.45) is 0. The van der Waals surface area contributed by atoms with Gasteiger partial charge in [0.1, 0.15) is 0 Å². The summed E-state index contributed by atoms with van der Waals surface area (Å²) in [6.45, 7) is 0. The van der Waals surface area contributed by atoms with E-state index in [0.717, 1.165) is 0 Å². The second kappa shape index (κ2) is 6.86. The van der Waals surface area contributed by atoms with Crippen molar-refractivity contribution >= 4 is 59.9 Å². The summed E-state index contributed by atoms with van der Waals surface area (Å²) in [7, 11) is 0. The number of nitrogens with one attached hydrogen (secondary N) is 1. The summed E-state index contributed by atoms with van der Waals surface area (Å²) >= 11 is 0. The molecule has 0 saturated carbocycles. The van der Waals surface area contributed by atoms with Gasteiger partial charge in [0.25, 0.3) is 0 Å². The van der Waals surface area contributed by atoms with Crippen molar-refractivity contribution in [2.24, 2.45) is 0 Å². The Bertz CT molecular complexity index is 2440. The highest BCUT2D eigenvalue weighted by Crippen LogP contribution is 2.51. The molecule has 0 amide bonds. The molecule has 9 aromatic rings. The molecule has 3 aromatic heterocycles. The van der Waals surface area contributed by atoms with Gasteiger partial charge in [0.2, 0.25) is 0 Å². The predicted octanol–water partition coefficient (Wildman–Crippen LogP) is 9.63. The number of H-pyrrole nitrogens is 1. The molecule has 180 valence electrons. The molecule has 1 aliphatic carbocycles. The second-order valence-corrected chi connectivity index (χ2v) is 11.0. The maximum Gasteiger partial charge on any atom is 0.0619 e. The zero-order valence-corrected chi connectivity index (χ0v) is 21.1. The largest absolute Gasteiger partial charge is 0.354 e. The number of rotatable bonds is 1. The van der Waals surface area contributed by atoms with Crippen molar-refractivity contribution in [2.45, 2.75) is 5.92 Å². The quantitative estimate of drug-likeness (QED) is 0.234. The Balaban J connectivity index is 1.47. The lowest BCUT2D eigenvalue weighted by molar-refractivity contribution is 1.02. The number of hydrogen-bond acceptors (Lipinski definition) is 0. The van der Waals surface area contributed by atoms with Gasteiger partial charge in [-0.25, -0.2) is 0 Å². The second-order valence-electron chi connectivity index (χ2n) is 11.0. The van der Waals surface area contributed by atoms with Gasteiger partial charge in [-0.3, -0.25) is 0 Å². The minimum atomic E-state index is 0.241. The Morgan fingerprint density at radius 3 is 2.10 bits per heavy atom. The molecule has 0 fully saturated rings. The molecule has 0 aliphatic heterocycles. The van der Waals surface area contributed by atoms with Crippen LogP contribution < -0.4 is 0 Å². The van der Waals surface area contributed by atoms with Gasteiger partial charge < -0.3 is 9.38 Å². The van der Waals surface area contributed by atoms with E-state index in [0.29, 0.717) is 0 Å². The lowest BCUT2D eigenvalue weighted by Gasteiger charge is -2.14. The lowest BCUT2D eigenvalue weighted by Crippen LogP contribution is -1.98. The van der Waals surface area contributed by atoms with Crippen LogP contribution in [-0.4, -0.2) is 9.38 Å². The number of fused-ring (bicyclic) bond motifs is 8. The van der Waals surface area contributed by atoms with Crippen molar-refractivity contribution < 1.29 is 0 Å². The summed E-state index contributed by atoms with van der Waals surface area (Å²) < 4.78 is 2.54. The van der Waals surface area contributed by atoms with E-state index in [2.05, 4.69) is 131 Å². The smallest absolute Gasteiger partial charge is 0.0619 e. The first kappa shape index (κ1) is 20.0. The third-order valence-electron chi connectivity index (χ3n) is 9.12. The van der Waals surface area contributed by atoms with E-state index in [-0.39, 0.29) is 5.92 Å². The minimum Gasteiger partial charge on any atom is -0.354 e. The van der Waals surface area contributed by atoms with E-state index < -0.39 is 0 Å². The normalized spacial score (nSPS) is 14.9. The van der Waals surface area contributed by atoms with E-state index >= 15 is 0 Å². The molecule has 6 aromatic carbocycles. The highest BCUT2D eigenvalue weighted by atomic mass is 14.9. The van der Waals surface area contributed by atoms with Gasteiger partial charge in [0, 0.05) is 43.9 Å². The Hall–Kier alpha value is -5.08. The number of nitrogens with zero attached hydrogens (tertiary/aromatic N) is 1. The van der Waals surface area contributed by atoms with Crippen LogP contribution in [0.5, 0.6) is 0 Å². The standard InChI is InChI=1S/C37H22N2/c1-2-9-21(10-3-1)34-23-12-5-4-11-22(23)27-20-33-28(19-29(27)34)26-15-6-14-25-24-13-7-16-30-35(24)36-31(38-30)17-8-18-32(36)39(33)37(25)26/h1-20,34,38H. The maximum atomic E-state index is 3.70. The number of para-hydroxylation sites is 1. The molecule has 0 saturated heterocycles. The maximum absolute atomic E-state index is 3.70. The van der Waals surface area contributed by atoms with Crippen LogP contribution in [0.3, 0.4) is 0 Å². The topological polar surface area (TPSA) is 20.2 Å². The Morgan fingerprint density at radius 2 is 1.21 bits per heavy atom. The molecular formula is C37H22N2. The molecule has 1 N–H and O–H groups in total. The van der Waals surface area contributed by atoms with Crippen molar-refractivity contribution in [3.63, 3.8) is 0 Å². The van der Waals surface area contributed by atoms with Crippen LogP contribution in [-0.2, 0) is 0 Å². The zero-order chi connectivity index (χ0) is 25.2. The summed E-state index contributed by atoms with van der Waals surface area (Å²) in [4.78, 5) is 3.70. The average molecular weight is 495 g/mol. The van der Waals surface area contributed by atoms with Gasteiger partial charge in [-0.05, 0) is 63.5 Å². The molecule has 0 radical (unpaired) electrons. The summed E-state index contributed by atoms with van der Waals surface area (Å²) in [5, 5.41) is 7.87. The van der Waals surface area contributed by atoms with E-state index in [1.807, 2.05) is 0 Å². The fraction of sp³-hybridized carbons (Fsp3) is 0.0270. The van der Waals surface area contributed by atoms with Crippen LogP contribution in [0.4, 0.5) is 0 Å². The molecule has 1 unspecified atom stereocenters. The molecule has 0 bridgehead atoms. The highest BCUT2D eigenvalue weighted by Gasteiger charge is 2.31. The number of hydrogen-bond donors (Lipinski definition) is 1. The lowest BCUT2D eigenvalue weighted by atomic mass is 9.89. The van der Waals surface area contributed by atoms with Crippen LogP contribution in [0.2, 0.25) is 0 Å². The van der Waals surface area contributed by atoms with E-state index in [1.54, 1.807) is 0 Å². The third kappa shape index (κ3) is 2.34. The molecule has 3 heterocycles. The highest BCUT2D eigenvalue weighted by molar-refractivity contribution is 6.30. The van der Waals surface area contributed by atoms with Crippen LogP contribution in [0.1, 0.15) is 22.6 Å². The van der Waals surface area contributed by atoms with Crippen molar-refractivity contribution in [3.05, 3.63) is 138 Å². The molecule has 1 atom stereocenters. The number of benzene rings is 6. The van der Waals surface area contributed by atoms with E-state index in [4.69, 9.17) is 0 Å². The van der Waals surface area contributed by atoms with Gasteiger partial charge in [-0.2, -0.15) is 0 Å². The summed E-state index contributed by atoms with van der Waals surface area (Å²) in [5.41, 5.74) is 13.1. The van der Waals surface area contributed by atoms with Crippen molar-refractivity contribution in [3.8, 4) is 11.1 Å². The molecular weight excluding hydrogens is 472 g/mol. The summed E-state index contributed by atoms with van der Waals surface area (Å²) in [5.74, 6) is 0.241. The van der Waals surface area contributed by atoms with Crippen LogP contribution in [0.25, 0.3) is 71.0 Å². The zero-order valence-electron chi connectivity index (χ0n) is 21.1. The van der Waals surface area contributed by atoms with Gasteiger partial charge in [-0.1, -0.05) is 91.0 Å². The van der Waals surface area contributed by atoms with Crippen molar-refractivity contribution in [1.29, 1.82) is 0 Å². The third-order valence-corrected chi connectivity index (χ3v) is 9.12. The molecule has 39 heavy (non-hydrogen) atoms. The van der Waals surface area contributed by atoms with E-state index in [9.17, 15) is 0 Å². The van der Waals surface area contributed by atoms with Crippen LogP contribution >= 0.6 is 0 Å². The average Bonchev–Trinajstić information content (AvgIpc) is 3.60. The fourth-order valence-corrected chi connectivity index (χ4v) is 7.62. The van der Waals surface area contributed by atoms with Gasteiger partial charge in [0.05, 0.1) is 16.6 Å². The van der Waals surface area contributed by atoms with Gasteiger partial charge in [-0.15, -0.1) is 0 Å². The van der Waals surface area contributed by atoms with Gasteiger partial charge in [0.15, 0.2) is 0 Å². The van der Waals surface area contributed by atoms with Gasteiger partial charge >= 0.3 is 0 Å². The molecule has 2 heteroatoms. The Kier molecular flexibility index (Phi) is 3.51. The monoisotopic (exact) mass is 494 g/mol. The van der Waals surface area contributed by atoms with E-state index in [1.165, 1.54) is 87.7 Å². The fourth-order valence-electron chi connectivity index (χ4n) is 7.62. The number of aromatic nitrogens is 2. The molecule has 1 aliphatic rings. The number of aromatic amines is 1. The first-order valence-corrected chi connectivity index (χ1v) is 13.7. The first-order chi connectivity index (χ1) is 19.4. The summed E-state index contributed by atoms with van der Waals surface area (Å²) in [6, 6.07) is 45.1. The molecule has 2 nitrogen and oxygen atoms in total.